The second kappa shape index (κ2) is 2.90. The van der Waals surface area contributed by atoms with Crippen LogP contribution in [0.3, 0.4) is 0 Å². The van der Waals surface area contributed by atoms with Gasteiger partial charge >= 0.3 is 0 Å². The fraction of sp³-hybridized carbons (Fsp3) is 0.111. The predicted molar refractivity (Wildman–Crippen MR) is 51.0 cm³/mol. The molecule has 0 fully saturated rings. The van der Waals surface area contributed by atoms with Gasteiger partial charge in [0.25, 0.3) is 0 Å². The van der Waals surface area contributed by atoms with E-state index in [1.807, 2.05) is 25.3 Å². The number of anilines is 1. The number of nitrogens with two attached hydrogens (primary N) is 1. The molecule has 0 atom stereocenters. The van der Waals surface area contributed by atoms with Crippen molar-refractivity contribution < 1.29 is 0 Å². The molecule has 2 aromatic rings. The van der Waals surface area contributed by atoms with Crippen molar-refractivity contribution in [1.29, 1.82) is 0 Å². The molecule has 4 heteroatoms. The van der Waals surface area contributed by atoms with Crippen LogP contribution >= 0.6 is 0 Å². The molecule has 2 heterocycles. The summed E-state index contributed by atoms with van der Waals surface area (Å²) in [6.07, 6.45) is 3.49. The van der Waals surface area contributed by atoms with Crippen LogP contribution in [0.2, 0.25) is 0 Å². The van der Waals surface area contributed by atoms with E-state index in [2.05, 4.69) is 15.0 Å². The number of nitrogen functional groups attached to an aromatic ring is 1. The molecule has 2 aromatic heterocycles. The van der Waals surface area contributed by atoms with Crippen molar-refractivity contribution >= 4 is 5.95 Å². The summed E-state index contributed by atoms with van der Waals surface area (Å²) >= 11 is 0. The smallest absolute Gasteiger partial charge is 0.197 e. The number of hydrogen-bond acceptors (Lipinski definition) is 3. The predicted octanol–water partition coefficient (Wildman–Crippen LogP) is 1.36. The normalized spacial score (nSPS) is 10.2. The van der Waals surface area contributed by atoms with Crippen LogP contribution in [0.25, 0.3) is 11.4 Å². The first-order valence-electron chi connectivity index (χ1n) is 3.99. The standard InChI is InChI=1S/C9H10N4/c1-6-2-3-7(11-4-6)8-5-12-9(10)13-8/h2-5H,1H3,(H3,10,12,13). The van der Waals surface area contributed by atoms with Gasteiger partial charge in [0.15, 0.2) is 5.95 Å². The van der Waals surface area contributed by atoms with Gasteiger partial charge in [0.2, 0.25) is 0 Å². The molecule has 0 aliphatic heterocycles. The summed E-state index contributed by atoms with van der Waals surface area (Å²) in [5, 5.41) is 0. The number of nitrogens with one attached hydrogen (secondary N) is 1. The molecule has 0 aromatic carbocycles. The van der Waals surface area contributed by atoms with Crippen molar-refractivity contribution in [2.24, 2.45) is 0 Å². The average molecular weight is 174 g/mol. The van der Waals surface area contributed by atoms with E-state index in [-0.39, 0.29) is 0 Å². The minimum absolute atomic E-state index is 0.414. The van der Waals surface area contributed by atoms with Gasteiger partial charge in [0.05, 0.1) is 17.6 Å². The van der Waals surface area contributed by atoms with Crippen LogP contribution in [-0.4, -0.2) is 15.0 Å². The van der Waals surface area contributed by atoms with Gasteiger partial charge in [-0.2, -0.15) is 0 Å². The molecule has 0 saturated carbocycles. The fourth-order valence-electron chi connectivity index (χ4n) is 1.09. The van der Waals surface area contributed by atoms with E-state index < -0.39 is 0 Å². The van der Waals surface area contributed by atoms with Gasteiger partial charge in [-0.25, -0.2) is 4.98 Å². The number of imidazole rings is 1. The zero-order valence-corrected chi connectivity index (χ0v) is 7.28. The molecule has 0 aliphatic carbocycles. The minimum atomic E-state index is 0.414. The number of pyridine rings is 1. The molecular formula is C9H10N4. The Balaban J connectivity index is 2.41. The van der Waals surface area contributed by atoms with Crippen LogP contribution in [-0.2, 0) is 0 Å². The van der Waals surface area contributed by atoms with Crippen molar-refractivity contribution in [1.82, 2.24) is 15.0 Å². The van der Waals surface area contributed by atoms with Crippen molar-refractivity contribution in [2.45, 2.75) is 6.92 Å². The maximum Gasteiger partial charge on any atom is 0.197 e. The Morgan fingerprint density at radius 1 is 1.23 bits per heavy atom. The summed E-state index contributed by atoms with van der Waals surface area (Å²) in [7, 11) is 0. The molecule has 2 rings (SSSR count). The van der Waals surface area contributed by atoms with Gasteiger partial charge in [0, 0.05) is 6.20 Å². The van der Waals surface area contributed by atoms with Crippen molar-refractivity contribution in [3.05, 3.63) is 30.1 Å². The quantitative estimate of drug-likeness (QED) is 0.686. The Hall–Kier alpha value is -1.84. The van der Waals surface area contributed by atoms with Crippen LogP contribution in [0.1, 0.15) is 5.56 Å². The van der Waals surface area contributed by atoms with E-state index in [1.54, 1.807) is 6.20 Å². The second-order valence-corrected chi connectivity index (χ2v) is 2.90. The molecule has 0 radical (unpaired) electrons. The molecule has 0 amide bonds. The van der Waals surface area contributed by atoms with E-state index in [9.17, 15) is 0 Å². The zero-order valence-electron chi connectivity index (χ0n) is 7.28. The SMILES string of the molecule is Cc1ccc(-c2cnc(N)[nH]2)nc1. The van der Waals surface area contributed by atoms with Crippen LogP contribution in [0.4, 0.5) is 5.95 Å². The highest BCUT2D eigenvalue weighted by Gasteiger charge is 2.00. The monoisotopic (exact) mass is 174 g/mol. The lowest BCUT2D eigenvalue weighted by Crippen LogP contribution is -1.87. The largest absolute Gasteiger partial charge is 0.369 e. The zero-order chi connectivity index (χ0) is 9.26. The summed E-state index contributed by atoms with van der Waals surface area (Å²) in [4.78, 5) is 11.0. The van der Waals surface area contributed by atoms with Gasteiger partial charge in [-0.15, -0.1) is 0 Å². The molecule has 0 saturated heterocycles. The maximum atomic E-state index is 5.45. The number of rotatable bonds is 1. The first kappa shape index (κ1) is 7.79. The van der Waals surface area contributed by atoms with Crippen molar-refractivity contribution in [2.75, 3.05) is 5.73 Å². The molecule has 0 aliphatic rings. The molecule has 3 N–H and O–H groups in total. The lowest BCUT2D eigenvalue weighted by molar-refractivity contribution is 1.24. The van der Waals surface area contributed by atoms with Crippen LogP contribution in [0.5, 0.6) is 0 Å². The topological polar surface area (TPSA) is 67.6 Å². The summed E-state index contributed by atoms with van der Waals surface area (Å²) in [5.74, 6) is 0.414. The third-order valence-electron chi connectivity index (χ3n) is 1.78. The van der Waals surface area contributed by atoms with E-state index in [0.29, 0.717) is 5.95 Å². The lowest BCUT2D eigenvalue weighted by Gasteiger charge is -1.95. The van der Waals surface area contributed by atoms with Crippen LogP contribution in [0, 0.1) is 6.92 Å². The van der Waals surface area contributed by atoms with Gasteiger partial charge in [-0.1, -0.05) is 6.07 Å². The van der Waals surface area contributed by atoms with Gasteiger partial charge < -0.3 is 10.7 Å². The average Bonchev–Trinajstić information content (AvgIpc) is 2.53. The number of aromatic nitrogens is 3. The number of aryl methyl sites for hydroxylation is 1. The van der Waals surface area contributed by atoms with Crippen LogP contribution in [0.15, 0.2) is 24.5 Å². The summed E-state index contributed by atoms with van der Waals surface area (Å²) in [6.45, 7) is 2.00. The highest BCUT2D eigenvalue weighted by molar-refractivity contribution is 5.54. The lowest BCUT2D eigenvalue weighted by atomic mass is 10.2. The number of nitrogens with zero attached hydrogens (tertiary/aromatic N) is 2. The van der Waals surface area contributed by atoms with E-state index in [1.165, 1.54) is 0 Å². The molecule has 0 unspecified atom stereocenters. The number of hydrogen-bond donors (Lipinski definition) is 2. The Morgan fingerprint density at radius 3 is 2.62 bits per heavy atom. The van der Waals surface area contributed by atoms with Crippen molar-refractivity contribution in [3.8, 4) is 11.4 Å². The number of H-pyrrole nitrogens is 1. The first-order valence-corrected chi connectivity index (χ1v) is 3.99. The van der Waals surface area contributed by atoms with Gasteiger partial charge in [0.1, 0.15) is 0 Å². The maximum absolute atomic E-state index is 5.45. The minimum Gasteiger partial charge on any atom is -0.369 e. The molecule has 13 heavy (non-hydrogen) atoms. The van der Waals surface area contributed by atoms with Crippen LogP contribution < -0.4 is 5.73 Å². The molecule has 0 bridgehead atoms. The summed E-state index contributed by atoms with van der Waals surface area (Å²) < 4.78 is 0. The van der Waals surface area contributed by atoms with Gasteiger partial charge in [-0.05, 0) is 18.6 Å². The summed E-state index contributed by atoms with van der Waals surface area (Å²) in [6, 6.07) is 3.93. The molecule has 4 nitrogen and oxygen atoms in total. The molecular weight excluding hydrogens is 164 g/mol. The van der Waals surface area contributed by atoms with Gasteiger partial charge in [-0.3, -0.25) is 4.98 Å². The second-order valence-electron chi connectivity index (χ2n) is 2.90. The Labute approximate surface area is 75.8 Å². The number of aromatic amines is 1. The Bertz CT molecular complexity index is 402. The summed E-state index contributed by atoms with van der Waals surface area (Å²) in [5.41, 5.74) is 8.29. The highest BCUT2D eigenvalue weighted by atomic mass is 15.0. The molecule has 0 spiro atoms. The van der Waals surface area contributed by atoms with E-state index in [0.717, 1.165) is 17.0 Å². The Morgan fingerprint density at radius 2 is 2.08 bits per heavy atom. The Kier molecular flexibility index (Phi) is 1.73. The fourth-order valence-corrected chi connectivity index (χ4v) is 1.09. The first-order chi connectivity index (χ1) is 6.25. The molecule has 66 valence electrons. The van der Waals surface area contributed by atoms with E-state index in [4.69, 9.17) is 5.73 Å². The third-order valence-corrected chi connectivity index (χ3v) is 1.78. The van der Waals surface area contributed by atoms with E-state index >= 15 is 0 Å². The van der Waals surface area contributed by atoms with Crippen molar-refractivity contribution in [3.63, 3.8) is 0 Å². The highest BCUT2D eigenvalue weighted by Crippen LogP contribution is 2.14. The third kappa shape index (κ3) is 1.51.